The maximum absolute atomic E-state index is 11.2. The molecule has 0 atom stereocenters. The van der Waals surface area contributed by atoms with Crippen molar-refractivity contribution in [2.75, 3.05) is 26.1 Å². The molecule has 0 saturated heterocycles. The Morgan fingerprint density at radius 2 is 1.90 bits per heavy atom. The molecule has 20 heavy (non-hydrogen) atoms. The van der Waals surface area contributed by atoms with Crippen molar-refractivity contribution in [1.29, 1.82) is 0 Å². The molecule has 0 aliphatic heterocycles. The van der Waals surface area contributed by atoms with Crippen LogP contribution in [0.5, 0.6) is 0 Å². The van der Waals surface area contributed by atoms with Gasteiger partial charge in [-0.25, -0.2) is 4.79 Å². The third kappa shape index (κ3) is 5.64. The molecule has 7 heteroatoms. The maximum atomic E-state index is 11.2. The van der Waals surface area contributed by atoms with Crippen LogP contribution in [-0.4, -0.2) is 42.9 Å². The van der Waals surface area contributed by atoms with E-state index in [1.807, 2.05) is 0 Å². The summed E-state index contributed by atoms with van der Waals surface area (Å²) in [6.45, 7) is 0.730. The molecule has 0 aliphatic carbocycles. The summed E-state index contributed by atoms with van der Waals surface area (Å²) in [4.78, 5) is 22.0. The number of aromatic nitrogens is 2. The fourth-order valence-corrected chi connectivity index (χ4v) is 1.53. The van der Waals surface area contributed by atoms with Gasteiger partial charge in [0.1, 0.15) is 5.82 Å². The van der Waals surface area contributed by atoms with Crippen molar-refractivity contribution in [3.8, 4) is 0 Å². The molecule has 0 unspecified atom stereocenters. The number of ether oxygens (including phenoxy) is 2. The SMILES string of the molecule is COC(=O)CCCCCNc1ccc(C(=O)OC)nn1. The Morgan fingerprint density at radius 1 is 1.10 bits per heavy atom. The van der Waals surface area contributed by atoms with E-state index in [9.17, 15) is 9.59 Å². The van der Waals surface area contributed by atoms with Crippen LogP contribution in [-0.2, 0) is 14.3 Å². The predicted molar refractivity (Wildman–Crippen MR) is 72.3 cm³/mol. The van der Waals surface area contributed by atoms with Gasteiger partial charge in [-0.05, 0) is 25.0 Å². The number of carbonyl (C=O) groups excluding carboxylic acids is 2. The predicted octanol–water partition coefficient (Wildman–Crippen LogP) is 1.41. The molecule has 1 aromatic heterocycles. The molecule has 0 fully saturated rings. The van der Waals surface area contributed by atoms with Gasteiger partial charge in [0.05, 0.1) is 14.2 Å². The quantitative estimate of drug-likeness (QED) is 0.569. The summed E-state index contributed by atoms with van der Waals surface area (Å²) < 4.78 is 9.09. The van der Waals surface area contributed by atoms with Gasteiger partial charge >= 0.3 is 11.9 Å². The van der Waals surface area contributed by atoms with E-state index in [2.05, 4.69) is 25.0 Å². The normalized spacial score (nSPS) is 9.90. The van der Waals surface area contributed by atoms with E-state index in [0.29, 0.717) is 12.2 Å². The molecular weight excluding hydrogens is 262 g/mol. The summed E-state index contributed by atoms with van der Waals surface area (Å²) in [7, 11) is 2.69. The van der Waals surface area contributed by atoms with Crippen molar-refractivity contribution in [3.05, 3.63) is 17.8 Å². The lowest BCUT2D eigenvalue weighted by molar-refractivity contribution is -0.140. The van der Waals surface area contributed by atoms with Crippen molar-refractivity contribution < 1.29 is 19.1 Å². The molecule has 0 spiro atoms. The largest absolute Gasteiger partial charge is 0.469 e. The zero-order valence-corrected chi connectivity index (χ0v) is 11.7. The number of rotatable bonds is 8. The maximum Gasteiger partial charge on any atom is 0.358 e. The van der Waals surface area contributed by atoms with Crippen LogP contribution in [0.25, 0.3) is 0 Å². The number of methoxy groups -OCH3 is 2. The van der Waals surface area contributed by atoms with E-state index in [1.165, 1.54) is 14.2 Å². The number of esters is 2. The van der Waals surface area contributed by atoms with Crippen molar-refractivity contribution in [2.45, 2.75) is 25.7 Å². The molecule has 1 aromatic rings. The van der Waals surface area contributed by atoms with Gasteiger partial charge in [0.25, 0.3) is 0 Å². The first kappa shape index (κ1) is 15.9. The monoisotopic (exact) mass is 281 g/mol. The molecule has 1 rings (SSSR count). The Labute approximate surface area is 117 Å². The first-order valence-electron chi connectivity index (χ1n) is 6.40. The number of nitrogens with zero attached hydrogens (tertiary/aromatic N) is 2. The lowest BCUT2D eigenvalue weighted by Crippen LogP contribution is -2.09. The van der Waals surface area contributed by atoms with Crippen LogP contribution in [0.2, 0.25) is 0 Å². The fourth-order valence-electron chi connectivity index (χ4n) is 1.53. The Morgan fingerprint density at radius 3 is 2.50 bits per heavy atom. The van der Waals surface area contributed by atoms with E-state index >= 15 is 0 Å². The van der Waals surface area contributed by atoms with E-state index in [-0.39, 0.29) is 11.7 Å². The van der Waals surface area contributed by atoms with E-state index in [4.69, 9.17) is 0 Å². The summed E-state index contributed by atoms with van der Waals surface area (Å²) in [5, 5.41) is 10.7. The molecular formula is C13H19N3O4. The average Bonchev–Trinajstić information content (AvgIpc) is 2.50. The van der Waals surface area contributed by atoms with E-state index < -0.39 is 5.97 Å². The average molecular weight is 281 g/mol. The zero-order chi connectivity index (χ0) is 14.8. The van der Waals surface area contributed by atoms with Crippen molar-refractivity contribution >= 4 is 17.8 Å². The Bertz CT molecular complexity index is 434. The van der Waals surface area contributed by atoms with Gasteiger partial charge in [0.15, 0.2) is 5.69 Å². The van der Waals surface area contributed by atoms with E-state index in [0.717, 1.165) is 25.8 Å². The van der Waals surface area contributed by atoms with Gasteiger partial charge in [0.2, 0.25) is 0 Å². The van der Waals surface area contributed by atoms with Crippen LogP contribution < -0.4 is 5.32 Å². The minimum absolute atomic E-state index is 0.177. The summed E-state index contributed by atoms with van der Waals surface area (Å²) in [5.41, 5.74) is 0.177. The minimum atomic E-state index is -0.508. The smallest absolute Gasteiger partial charge is 0.358 e. The second-order valence-electron chi connectivity index (χ2n) is 4.11. The van der Waals surface area contributed by atoms with Crippen LogP contribution >= 0.6 is 0 Å². The summed E-state index contributed by atoms with van der Waals surface area (Å²) in [6, 6.07) is 3.23. The molecule has 1 heterocycles. The van der Waals surface area contributed by atoms with Crippen molar-refractivity contribution in [1.82, 2.24) is 10.2 Å². The third-order valence-electron chi connectivity index (χ3n) is 2.65. The molecule has 1 N–H and O–H groups in total. The number of carbonyl (C=O) groups is 2. The number of nitrogens with one attached hydrogen (secondary N) is 1. The van der Waals surface area contributed by atoms with Crippen molar-refractivity contribution in [3.63, 3.8) is 0 Å². The Kier molecular flexibility index (Phi) is 7.02. The topological polar surface area (TPSA) is 90.4 Å². The fraction of sp³-hybridized carbons (Fsp3) is 0.538. The van der Waals surface area contributed by atoms with Crippen LogP contribution in [0.1, 0.15) is 36.2 Å². The highest BCUT2D eigenvalue weighted by Gasteiger charge is 2.07. The number of hydrogen-bond donors (Lipinski definition) is 1. The van der Waals surface area contributed by atoms with Gasteiger partial charge in [-0.1, -0.05) is 6.42 Å². The molecule has 0 amide bonds. The minimum Gasteiger partial charge on any atom is -0.469 e. The second kappa shape index (κ2) is 8.84. The molecule has 0 saturated carbocycles. The number of unbranched alkanes of at least 4 members (excludes halogenated alkanes) is 2. The summed E-state index contributed by atoms with van der Waals surface area (Å²) in [6.07, 6.45) is 3.10. The van der Waals surface area contributed by atoms with Crippen LogP contribution in [0.4, 0.5) is 5.82 Å². The highest BCUT2D eigenvalue weighted by Crippen LogP contribution is 2.05. The highest BCUT2D eigenvalue weighted by atomic mass is 16.5. The molecule has 0 bridgehead atoms. The standard InChI is InChI=1S/C13H19N3O4/c1-19-12(17)6-4-3-5-9-14-11-8-7-10(15-16-11)13(18)20-2/h7-8H,3-6,9H2,1-2H3,(H,14,16). The zero-order valence-electron chi connectivity index (χ0n) is 11.7. The molecule has 110 valence electrons. The Balaban J connectivity index is 2.19. The second-order valence-corrected chi connectivity index (χ2v) is 4.11. The third-order valence-corrected chi connectivity index (χ3v) is 2.65. The summed E-state index contributed by atoms with van der Waals surface area (Å²) in [5.74, 6) is -0.0836. The lowest BCUT2D eigenvalue weighted by Gasteiger charge is -2.05. The Hall–Kier alpha value is -2.18. The van der Waals surface area contributed by atoms with Gasteiger partial charge in [-0.15, -0.1) is 10.2 Å². The summed E-state index contributed by atoms with van der Waals surface area (Å²) >= 11 is 0. The first-order chi connectivity index (χ1) is 9.67. The molecule has 0 radical (unpaired) electrons. The molecule has 0 aromatic carbocycles. The highest BCUT2D eigenvalue weighted by molar-refractivity contribution is 5.86. The van der Waals surface area contributed by atoms with Crippen molar-refractivity contribution in [2.24, 2.45) is 0 Å². The lowest BCUT2D eigenvalue weighted by atomic mass is 10.2. The molecule has 0 aliphatic rings. The van der Waals surface area contributed by atoms with Crippen LogP contribution in [0, 0.1) is 0 Å². The van der Waals surface area contributed by atoms with E-state index in [1.54, 1.807) is 12.1 Å². The number of hydrogen-bond acceptors (Lipinski definition) is 7. The first-order valence-corrected chi connectivity index (χ1v) is 6.40. The van der Waals surface area contributed by atoms with Crippen LogP contribution in [0.3, 0.4) is 0 Å². The van der Waals surface area contributed by atoms with Gasteiger partial charge < -0.3 is 14.8 Å². The van der Waals surface area contributed by atoms with Gasteiger partial charge in [0, 0.05) is 13.0 Å². The van der Waals surface area contributed by atoms with Crippen LogP contribution in [0.15, 0.2) is 12.1 Å². The molecule has 7 nitrogen and oxygen atoms in total. The van der Waals surface area contributed by atoms with Gasteiger partial charge in [-0.3, -0.25) is 4.79 Å². The van der Waals surface area contributed by atoms with Gasteiger partial charge in [-0.2, -0.15) is 0 Å². The number of anilines is 1.